The van der Waals surface area contributed by atoms with Crippen molar-refractivity contribution in [1.29, 1.82) is 0 Å². The second-order valence-corrected chi connectivity index (χ2v) is 8.43. The minimum Gasteiger partial charge on any atom is -0.314 e. The lowest BCUT2D eigenvalue weighted by Crippen LogP contribution is -2.51. The number of aryl methyl sites for hydroxylation is 2. The Hall–Kier alpha value is -0.750. The van der Waals surface area contributed by atoms with Gasteiger partial charge in [-0.3, -0.25) is 4.90 Å². The first-order valence-electron chi connectivity index (χ1n) is 7.69. The average Bonchev–Trinajstić information content (AvgIpc) is 3.14. The van der Waals surface area contributed by atoms with E-state index in [0.717, 1.165) is 32.6 Å². The van der Waals surface area contributed by atoms with Gasteiger partial charge in [-0.15, -0.1) is 22.7 Å². The van der Waals surface area contributed by atoms with Crippen molar-refractivity contribution in [3.8, 4) is 11.3 Å². The van der Waals surface area contributed by atoms with Crippen LogP contribution in [0.25, 0.3) is 11.3 Å². The van der Waals surface area contributed by atoms with Crippen LogP contribution in [0.15, 0.2) is 11.4 Å². The number of aromatic nitrogens is 1. The highest BCUT2D eigenvalue weighted by molar-refractivity contribution is 7.12. The molecule has 5 heteroatoms. The molecule has 1 aliphatic carbocycles. The van der Waals surface area contributed by atoms with E-state index in [4.69, 9.17) is 4.98 Å². The van der Waals surface area contributed by atoms with E-state index < -0.39 is 0 Å². The Kier molecular flexibility index (Phi) is 3.41. The van der Waals surface area contributed by atoms with Crippen LogP contribution in [0.1, 0.15) is 28.6 Å². The Bertz CT molecular complexity index is 650. The zero-order valence-corrected chi connectivity index (χ0v) is 14.2. The maximum Gasteiger partial charge on any atom is 0.113 e. The van der Waals surface area contributed by atoms with Crippen LogP contribution in [0.3, 0.4) is 0 Å². The molecule has 0 radical (unpaired) electrons. The van der Waals surface area contributed by atoms with Crippen molar-refractivity contribution in [3.63, 3.8) is 0 Å². The Morgan fingerprint density at radius 3 is 2.76 bits per heavy atom. The van der Waals surface area contributed by atoms with Gasteiger partial charge < -0.3 is 5.32 Å². The van der Waals surface area contributed by atoms with Gasteiger partial charge in [0.05, 0.1) is 11.2 Å². The molecule has 1 N–H and O–H groups in total. The van der Waals surface area contributed by atoms with Crippen molar-refractivity contribution in [2.24, 2.45) is 0 Å². The molecule has 1 fully saturated rings. The zero-order chi connectivity index (χ0) is 14.4. The molecule has 3 heterocycles. The predicted molar refractivity (Wildman–Crippen MR) is 90.3 cm³/mol. The molecule has 0 aromatic carbocycles. The molecule has 3 nitrogen and oxygen atoms in total. The number of hydrogen-bond donors (Lipinski definition) is 1. The van der Waals surface area contributed by atoms with Gasteiger partial charge in [-0.2, -0.15) is 0 Å². The molecule has 0 unspecified atom stereocenters. The van der Waals surface area contributed by atoms with E-state index in [-0.39, 0.29) is 5.54 Å². The lowest BCUT2D eigenvalue weighted by molar-refractivity contribution is 0.102. The monoisotopic (exact) mass is 319 g/mol. The molecular formula is C16H21N3S2. The SMILES string of the molecule is CC(C)(c1nc2c(s1)CCc1sccc1-2)N1CCNCC1. The minimum atomic E-state index is 0.0420. The highest BCUT2D eigenvalue weighted by atomic mass is 32.1. The van der Waals surface area contributed by atoms with Crippen LogP contribution < -0.4 is 5.32 Å². The fourth-order valence-corrected chi connectivity index (χ4v) is 5.41. The van der Waals surface area contributed by atoms with Crippen LogP contribution >= 0.6 is 22.7 Å². The van der Waals surface area contributed by atoms with Crippen molar-refractivity contribution in [2.75, 3.05) is 26.2 Å². The molecule has 1 aliphatic heterocycles. The fourth-order valence-electron chi connectivity index (χ4n) is 3.32. The maximum absolute atomic E-state index is 5.07. The molecule has 112 valence electrons. The Morgan fingerprint density at radius 2 is 1.95 bits per heavy atom. The number of thiazole rings is 1. The van der Waals surface area contributed by atoms with E-state index in [1.165, 1.54) is 32.4 Å². The molecule has 0 saturated carbocycles. The van der Waals surface area contributed by atoms with Gasteiger partial charge >= 0.3 is 0 Å². The summed E-state index contributed by atoms with van der Waals surface area (Å²) in [6.07, 6.45) is 2.36. The number of fused-ring (bicyclic) bond motifs is 3. The van der Waals surface area contributed by atoms with Gasteiger partial charge in [-0.1, -0.05) is 0 Å². The Balaban J connectivity index is 1.71. The van der Waals surface area contributed by atoms with Crippen molar-refractivity contribution in [2.45, 2.75) is 32.2 Å². The van der Waals surface area contributed by atoms with Gasteiger partial charge in [0.1, 0.15) is 5.01 Å². The second kappa shape index (κ2) is 5.16. The van der Waals surface area contributed by atoms with Crippen LogP contribution in [-0.4, -0.2) is 36.1 Å². The lowest BCUT2D eigenvalue weighted by Gasteiger charge is -2.39. The fraction of sp³-hybridized carbons (Fsp3) is 0.562. The number of thiophene rings is 1. The third-order valence-corrected chi connectivity index (χ3v) is 7.12. The molecule has 2 aromatic rings. The molecule has 1 saturated heterocycles. The van der Waals surface area contributed by atoms with Crippen LogP contribution in [0.2, 0.25) is 0 Å². The molecule has 0 bridgehead atoms. The summed E-state index contributed by atoms with van der Waals surface area (Å²) in [5, 5.41) is 6.93. The van der Waals surface area contributed by atoms with Gasteiger partial charge in [0.15, 0.2) is 0 Å². The van der Waals surface area contributed by atoms with Gasteiger partial charge in [-0.25, -0.2) is 4.98 Å². The summed E-state index contributed by atoms with van der Waals surface area (Å²) in [4.78, 5) is 10.6. The van der Waals surface area contributed by atoms with E-state index in [2.05, 4.69) is 35.5 Å². The summed E-state index contributed by atoms with van der Waals surface area (Å²) >= 11 is 3.81. The van der Waals surface area contributed by atoms with Gasteiger partial charge in [0.2, 0.25) is 0 Å². The lowest BCUT2D eigenvalue weighted by atomic mass is 10.0. The van der Waals surface area contributed by atoms with Crippen molar-refractivity contribution in [3.05, 3.63) is 26.2 Å². The largest absolute Gasteiger partial charge is 0.314 e. The van der Waals surface area contributed by atoms with Gasteiger partial charge in [0, 0.05) is 41.5 Å². The summed E-state index contributed by atoms with van der Waals surface area (Å²) < 4.78 is 0. The number of rotatable bonds is 2. The maximum atomic E-state index is 5.07. The summed E-state index contributed by atoms with van der Waals surface area (Å²) in [6.45, 7) is 9.06. The molecule has 4 rings (SSSR count). The quantitative estimate of drug-likeness (QED) is 0.922. The predicted octanol–water partition coefficient (Wildman–Crippen LogP) is 3.11. The summed E-state index contributed by atoms with van der Waals surface area (Å²) in [5.41, 5.74) is 2.70. The first-order valence-corrected chi connectivity index (χ1v) is 9.38. The normalized spacial score (nSPS) is 19.3. The molecule has 0 amide bonds. The van der Waals surface area contributed by atoms with E-state index in [0.29, 0.717) is 0 Å². The smallest absolute Gasteiger partial charge is 0.113 e. The average molecular weight is 319 g/mol. The van der Waals surface area contributed by atoms with Crippen molar-refractivity contribution in [1.82, 2.24) is 15.2 Å². The van der Waals surface area contributed by atoms with Crippen LogP contribution in [-0.2, 0) is 18.4 Å². The Labute approximate surface area is 134 Å². The summed E-state index contributed by atoms with van der Waals surface area (Å²) in [5.74, 6) is 0. The molecule has 21 heavy (non-hydrogen) atoms. The van der Waals surface area contributed by atoms with Crippen LogP contribution in [0.4, 0.5) is 0 Å². The first-order chi connectivity index (χ1) is 10.2. The highest BCUT2D eigenvalue weighted by Gasteiger charge is 2.34. The van der Waals surface area contributed by atoms with E-state index in [1.807, 2.05) is 22.7 Å². The zero-order valence-electron chi connectivity index (χ0n) is 12.6. The van der Waals surface area contributed by atoms with Crippen molar-refractivity contribution < 1.29 is 0 Å². The molecule has 2 aromatic heterocycles. The van der Waals surface area contributed by atoms with Crippen molar-refractivity contribution >= 4 is 22.7 Å². The molecule has 0 spiro atoms. The number of nitrogens with one attached hydrogen (secondary N) is 1. The van der Waals surface area contributed by atoms with Crippen LogP contribution in [0.5, 0.6) is 0 Å². The summed E-state index contributed by atoms with van der Waals surface area (Å²) in [7, 11) is 0. The standard InChI is InChI=1S/C16H21N3S2/c1-16(2,19-8-6-17-7-9-19)15-18-14-11-5-10-20-12(11)3-4-13(14)21-15/h5,10,17H,3-4,6-9H2,1-2H3. The third-order valence-electron chi connectivity index (χ3n) is 4.71. The van der Waals surface area contributed by atoms with E-state index >= 15 is 0 Å². The molecule has 2 aliphatic rings. The number of piperazine rings is 1. The molecule has 0 atom stereocenters. The minimum absolute atomic E-state index is 0.0420. The number of hydrogen-bond acceptors (Lipinski definition) is 5. The third kappa shape index (κ3) is 2.27. The van der Waals surface area contributed by atoms with Crippen LogP contribution in [0, 0.1) is 0 Å². The summed E-state index contributed by atoms with van der Waals surface area (Å²) in [6, 6.07) is 2.25. The Morgan fingerprint density at radius 1 is 1.19 bits per heavy atom. The molecular weight excluding hydrogens is 298 g/mol. The van der Waals surface area contributed by atoms with Gasteiger partial charge in [-0.05, 0) is 38.1 Å². The number of nitrogens with zero attached hydrogens (tertiary/aromatic N) is 2. The van der Waals surface area contributed by atoms with E-state index in [1.54, 1.807) is 0 Å². The van der Waals surface area contributed by atoms with E-state index in [9.17, 15) is 0 Å². The first kappa shape index (κ1) is 13.9. The topological polar surface area (TPSA) is 28.2 Å². The van der Waals surface area contributed by atoms with Gasteiger partial charge in [0.25, 0.3) is 0 Å². The highest BCUT2D eigenvalue weighted by Crippen LogP contribution is 2.42. The second-order valence-electron chi connectivity index (χ2n) is 6.34.